The Morgan fingerprint density at radius 3 is 2.56 bits per heavy atom. The number of rotatable bonds is 6. The number of carbonyl (C=O) groups excluding carboxylic acids is 1. The summed E-state index contributed by atoms with van der Waals surface area (Å²) in [6.07, 6.45) is 1.45. The maximum absolute atomic E-state index is 13.0. The van der Waals surface area contributed by atoms with Gasteiger partial charge in [-0.25, -0.2) is 4.39 Å². The topological polar surface area (TPSA) is 49.3 Å². The smallest absolute Gasteiger partial charge is 0.224 e. The molecule has 4 heteroatoms. The summed E-state index contributed by atoms with van der Waals surface area (Å²) < 4.78 is 13.0. The monoisotopic (exact) mass is 253 g/mol. The van der Waals surface area contributed by atoms with E-state index in [-0.39, 0.29) is 24.8 Å². The first-order chi connectivity index (χ1) is 8.55. The Bertz CT molecular complexity index is 394. The van der Waals surface area contributed by atoms with Crippen molar-refractivity contribution >= 4 is 5.91 Å². The molecule has 0 fully saturated rings. The van der Waals surface area contributed by atoms with Crippen LogP contribution in [0.1, 0.15) is 32.3 Å². The van der Waals surface area contributed by atoms with Crippen LogP contribution in [-0.4, -0.2) is 23.2 Å². The second kappa shape index (κ2) is 6.50. The maximum Gasteiger partial charge on any atom is 0.224 e. The van der Waals surface area contributed by atoms with Crippen LogP contribution in [-0.2, 0) is 11.2 Å². The van der Waals surface area contributed by atoms with Gasteiger partial charge in [0.15, 0.2) is 0 Å². The van der Waals surface area contributed by atoms with Crippen molar-refractivity contribution in [1.82, 2.24) is 5.32 Å². The van der Waals surface area contributed by atoms with E-state index in [4.69, 9.17) is 0 Å². The highest BCUT2D eigenvalue weighted by atomic mass is 19.1. The van der Waals surface area contributed by atoms with Crippen molar-refractivity contribution in [3.63, 3.8) is 0 Å². The Balaban J connectivity index is 2.66. The highest BCUT2D eigenvalue weighted by Gasteiger charge is 2.26. The molecule has 0 aliphatic carbocycles. The van der Waals surface area contributed by atoms with Gasteiger partial charge in [-0.3, -0.25) is 4.79 Å². The molecule has 1 aromatic carbocycles. The summed E-state index contributed by atoms with van der Waals surface area (Å²) in [7, 11) is 0. The molecule has 0 radical (unpaired) electrons. The van der Waals surface area contributed by atoms with Crippen LogP contribution in [0.4, 0.5) is 4.39 Å². The number of hydrogen-bond donors (Lipinski definition) is 2. The molecule has 0 aromatic heterocycles. The Kier molecular flexibility index (Phi) is 5.28. The molecule has 0 spiro atoms. The van der Waals surface area contributed by atoms with E-state index in [1.54, 1.807) is 12.1 Å². The van der Waals surface area contributed by atoms with Crippen LogP contribution in [0.2, 0.25) is 0 Å². The third-order valence-corrected chi connectivity index (χ3v) is 3.31. The second-order valence-corrected chi connectivity index (χ2v) is 4.50. The fourth-order valence-corrected chi connectivity index (χ4v) is 1.86. The lowest BCUT2D eigenvalue weighted by molar-refractivity contribution is -0.123. The first kappa shape index (κ1) is 14.6. The minimum Gasteiger partial charge on any atom is -0.394 e. The number of benzene rings is 1. The molecule has 1 amide bonds. The van der Waals surface area contributed by atoms with Gasteiger partial charge in [-0.2, -0.15) is 0 Å². The van der Waals surface area contributed by atoms with Gasteiger partial charge in [-0.1, -0.05) is 26.0 Å². The number of halogens is 1. The predicted octanol–water partition coefficient (Wildman–Crippen LogP) is 2.04. The first-order valence-electron chi connectivity index (χ1n) is 6.21. The van der Waals surface area contributed by atoms with Gasteiger partial charge >= 0.3 is 0 Å². The molecule has 0 saturated carbocycles. The van der Waals surface area contributed by atoms with E-state index in [1.165, 1.54) is 12.1 Å². The zero-order valence-corrected chi connectivity index (χ0v) is 10.9. The van der Waals surface area contributed by atoms with Crippen LogP contribution in [0.5, 0.6) is 0 Å². The molecule has 0 saturated heterocycles. The zero-order valence-electron chi connectivity index (χ0n) is 10.9. The second-order valence-electron chi connectivity index (χ2n) is 4.50. The summed E-state index contributed by atoms with van der Waals surface area (Å²) in [4.78, 5) is 11.9. The van der Waals surface area contributed by atoms with Crippen LogP contribution in [0.3, 0.4) is 0 Å². The van der Waals surface area contributed by atoms with E-state index in [0.29, 0.717) is 18.4 Å². The van der Waals surface area contributed by atoms with Crippen molar-refractivity contribution in [3.05, 3.63) is 35.6 Å². The molecule has 0 bridgehead atoms. The summed E-state index contributed by atoms with van der Waals surface area (Å²) >= 11 is 0. The first-order valence-corrected chi connectivity index (χ1v) is 6.21. The molecule has 0 aliphatic rings. The van der Waals surface area contributed by atoms with Crippen LogP contribution in [0, 0.1) is 5.82 Å². The molecule has 2 N–H and O–H groups in total. The fourth-order valence-electron chi connectivity index (χ4n) is 1.86. The van der Waals surface area contributed by atoms with Crippen molar-refractivity contribution in [2.45, 2.75) is 38.6 Å². The van der Waals surface area contributed by atoms with Gasteiger partial charge in [-0.15, -0.1) is 0 Å². The zero-order chi connectivity index (χ0) is 13.6. The van der Waals surface area contributed by atoms with Gasteiger partial charge in [0.2, 0.25) is 5.91 Å². The number of aliphatic hydroxyl groups is 1. The summed E-state index contributed by atoms with van der Waals surface area (Å²) in [6.45, 7) is 3.75. The van der Waals surface area contributed by atoms with Crippen molar-refractivity contribution in [2.24, 2.45) is 0 Å². The van der Waals surface area contributed by atoms with Crippen LogP contribution >= 0.6 is 0 Å². The van der Waals surface area contributed by atoms with Crippen molar-refractivity contribution in [3.8, 4) is 0 Å². The minimum absolute atomic E-state index is 0.0884. The third-order valence-electron chi connectivity index (χ3n) is 3.31. The van der Waals surface area contributed by atoms with Gasteiger partial charge < -0.3 is 10.4 Å². The lowest BCUT2D eigenvalue weighted by Gasteiger charge is -2.30. The van der Waals surface area contributed by atoms with Crippen molar-refractivity contribution in [1.29, 1.82) is 0 Å². The predicted molar refractivity (Wildman–Crippen MR) is 68.6 cm³/mol. The number of nitrogens with one attached hydrogen (secondary N) is 1. The normalized spacial score (nSPS) is 11.3. The van der Waals surface area contributed by atoms with E-state index in [1.807, 2.05) is 13.8 Å². The molecule has 100 valence electrons. The van der Waals surface area contributed by atoms with Gasteiger partial charge in [0.1, 0.15) is 5.82 Å². The van der Waals surface area contributed by atoms with Gasteiger partial charge in [0.25, 0.3) is 0 Å². The average Bonchev–Trinajstić information content (AvgIpc) is 2.36. The average molecular weight is 253 g/mol. The van der Waals surface area contributed by atoms with E-state index in [2.05, 4.69) is 5.32 Å². The molecular weight excluding hydrogens is 233 g/mol. The lowest BCUT2D eigenvalue weighted by Crippen LogP contribution is -2.51. The van der Waals surface area contributed by atoms with Gasteiger partial charge in [0.05, 0.1) is 18.6 Å². The third kappa shape index (κ3) is 3.81. The maximum atomic E-state index is 13.0. The Morgan fingerprint density at radius 1 is 1.39 bits per heavy atom. The SMILES string of the molecule is CCC(CC)(CO)NC(=O)Cc1cccc(F)c1. The molecule has 0 atom stereocenters. The lowest BCUT2D eigenvalue weighted by atomic mass is 9.93. The molecule has 0 heterocycles. The van der Waals surface area contributed by atoms with Crippen LogP contribution in [0.25, 0.3) is 0 Å². The summed E-state index contributed by atoms with van der Waals surface area (Å²) in [5, 5.41) is 12.2. The summed E-state index contributed by atoms with van der Waals surface area (Å²) in [5.41, 5.74) is 0.0660. The fraction of sp³-hybridized carbons (Fsp3) is 0.500. The van der Waals surface area contributed by atoms with Crippen LogP contribution in [0.15, 0.2) is 24.3 Å². The number of amides is 1. The molecule has 0 aliphatic heterocycles. The van der Waals surface area contributed by atoms with Gasteiger partial charge in [0, 0.05) is 0 Å². The van der Waals surface area contributed by atoms with E-state index in [9.17, 15) is 14.3 Å². The van der Waals surface area contributed by atoms with E-state index < -0.39 is 5.54 Å². The van der Waals surface area contributed by atoms with Gasteiger partial charge in [-0.05, 0) is 30.5 Å². The molecule has 0 unspecified atom stereocenters. The van der Waals surface area contributed by atoms with E-state index in [0.717, 1.165) is 0 Å². The number of hydrogen-bond acceptors (Lipinski definition) is 2. The summed E-state index contributed by atoms with van der Waals surface area (Å²) in [5.74, 6) is -0.543. The highest BCUT2D eigenvalue weighted by molar-refractivity contribution is 5.79. The summed E-state index contributed by atoms with van der Waals surface area (Å²) in [6, 6.07) is 5.98. The van der Waals surface area contributed by atoms with E-state index >= 15 is 0 Å². The Hall–Kier alpha value is -1.42. The molecule has 1 rings (SSSR count). The van der Waals surface area contributed by atoms with Crippen molar-refractivity contribution in [2.75, 3.05) is 6.61 Å². The van der Waals surface area contributed by atoms with Crippen molar-refractivity contribution < 1.29 is 14.3 Å². The number of carbonyl (C=O) groups is 1. The molecule has 18 heavy (non-hydrogen) atoms. The largest absolute Gasteiger partial charge is 0.394 e. The molecular formula is C14H20FNO2. The standard InChI is InChI=1S/C14H20FNO2/c1-3-14(4-2,10-17)16-13(18)9-11-6-5-7-12(15)8-11/h5-8,17H,3-4,9-10H2,1-2H3,(H,16,18). The minimum atomic E-state index is -0.565. The molecule has 1 aromatic rings. The molecule has 3 nitrogen and oxygen atoms in total. The Labute approximate surface area is 107 Å². The highest BCUT2D eigenvalue weighted by Crippen LogP contribution is 2.14. The number of aliphatic hydroxyl groups excluding tert-OH is 1. The Morgan fingerprint density at radius 2 is 2.06 bits per heavy atom. The van der Waals surface area contributed by atoms with Crippen LogP contribution < -0.4 is 5.32 Å². The quantitative estimate of drug-likeness (QED) is 0.815.